The highest BCUT2D eigenvalue weighted by atomic mass is 16.6. The van der Waals surface area contributed by atoms with Crippen LogP contribution < -0.4 is 0 Å². The van der Waals surface area contributed by atoms with Crippen LogP contribution >= 0.6 is 0 Å². The molecule has 6 heteroatoms. The molecule has 0 rings (SSSR count). The van der Waals surface area contributed by atoms with Crippen LogP contribution in [0.5, 0.6) is 0 Å². The Morgan fingerprint density at radius 3 is 0.851 bits per heavy atom. The maximum Gasteiger partial charge on any atom is 0.306 e. The third-order valence-corrected chi connectivity index (χ3v) is 13.5. The van der Waals surface area contributed by atoms with E-state index in [1.165, 1.54) is 218 Å². The van der Waals surface area contributed by atoms with E-state index in [9.17, 15) is 14.4 Å². The fraction of sp³-hybridized carbons (Fsp3) is 0.885. The summed E-state index contributed by atoms with van der Waals surface area (Å²) < 4.78 is 16.7. The number of ether oxygens (including phenoxy) is 3. The first-order valence-electron chi connectivity index (χ1n) is 29.8. The van der Waals surface area contributed by atoms with Crippen molar-refractivity contribution in [1.82, 2.24) is 0 Å². The van der Waals surface area contributed by atoms with Crippen molar-refractivity contribution in [2.45, 2.75) is 335 Å². The fourth-order valence-corrected chi connectivity index (χ4v) is 8.95. The van der Waals surface area contributed by atoms with Gasteiger partial charge < -0.3 is 14.2 Å². The molecular weight excluding hydrogens is 829 g/mol. The molecule has 0 aliphatic carbocycles. The summed E-state index contributed by atoms with van der Waals surface area (Å²) in [6.07, 6.45) is 66.6. The number of hydrogen-bond donors (Lipinski definition) is 0. The summed E-state index contributed by atoms with van der Waals surface area (Å²) in [5, 5.41) is 0. The van der Waals surface area contributed by atoms with Crippen LogP contribution in [0.4, 0.5) is 0 Å². The number of carbonyl (C=O) groups is 3. The molecule has 0 saturated carbocycles. The molecule has 0 heterocycles. The number of unbranched alkanes of at least 4 members (excludes halogenated alkanes) is 40. The van der Waals surface area contributed by atoms with Gasteiger partial charge in [-0.1, -0.05) is 283 Å². The van der Waals surface area contributed by atoms with Crippen LogP contribution in [0.2, 0.25) is 0 Å². The summed E-state index contributed by atoms with van der Waals surface area (Å²) in [4.78, 5) is 37.8. The molecule has 0 spiro atoms. The first-order chi connectivity index (χ1) is 33.0. The molecule has 0 radical (unpaired) electrons. The summed E-state index contributed by atoms with van der Waals surface area (Å²) in [5.41, 5.74) is 0. The lowest BCUT2D eigenvalue weighted by Crippen LogP contribution is -2.30. The Hall–Kier alpha value is -2.11. The van der Waals surface area contributed by atoms with Gasteiger partial charge in [-0.25, -0.2) is 0 Å². The molecule has 0 aromatic carbocycles. The van der Waals surface area contributed by atoms with Crippen LogP contribution in [0.15, 0.2) is 24.3 Å². The van der Waals surface area contributed by atoms with Gasteiger partial charge in [-0.3, -0.25) is 14.4 Å². The summed E-state index contributed by atoms with van der Waals surface area (Å²) in [6.45, 7) is 6.58. The minimum atomic E-state index is -0.766. The van der Waals surface area contributed by atoms with Crippen molar-refractivity contribution in [1.29, 1.82) is 0 Å². The monoisotopic (exact) mass is 943 g/mol. The predicted octanol–water partition coefficient (Wildman–Crippen LogP) is 19.9. The first kappa shape index (κ1) is 64.9. The largest absolute Gasteiger partial charge is 0.462 e. The van der Waals surface area contributed by atoms with Crippen molar-refractivity contribution < 1.29 is 28.6 Å². The maximum absolute atomic E-state index is 12.8. The second-order valence-corrected chi connectivity index (χ2v) is 20.3. The van der Waals surface area contributed by atoms with E-state index in [2.05, 4.69) is 45.1 Å². The van der Waals surface area contributed by atoms with Gasteiger partial charge in [0.05, 0.1) is 0 Å². The van der Waals surface area contributed by atoms with Crippen LogP contribution in [-0.2, 0) is 28.6 Å². The van der Waals surface area contributed by atoms with Crippen molar-refractivity contribution in [3.8, 4) is 0 Å². The van der Waals surface area contributed by atoms with Crippen molar-refractivity contribution in [3.63, 3.8) is 0 Å². The van der Waals surface area contributed by atoms with Crippen LogP contribution in [0, 0.1) is 0 Å². The Labute approximate surface area is 417 Å². The van der Waals surface area contributed by atoms with Gasteiger partial charge in [-0.15, -0.1) is 0 Å². The number of hydrogen-bond acceptors (Lipinski definition) is 6. The third-order valence-electron chi connectivity index (χ3n) is 13.5. The van der Waals surface area contributed by atoms with E-state index in [1.54, 1.807) is 0 Å². The van der Waals surface area contributed by atoms with Gasteiger partial charge >= 0.3 is 17.9 Å². The number of allylic oxidation sites excluding steroid dienone is 4. The summed E-state index contributed by atoms with van der Waals surface area (Å²) in [5.74, 6) is -0.868. The molecule has 0 N–H and O–H groups in total. The Balaban J connectivity index is 4.01. The van der Waals surface area contributed by atoms with E-state index in [0.29, 0.717) is 19.3 Å². The molecule has 0 aliphatic rings. The van der Waals surface area contributed by atoms with Crippen LogP contribution in [0.25, 0.3) is 0 Å². The maximum atomic E-state index is 12.8. The fourth-order valence-electron chi connectivity index (χ4n) is 8.95. The van der Waals surface area contributed by atoms with Gasteiger partial charge in [-0.2, -0.15) is 0 Å². The van der Waals surface area contributed by atoms with Crippen LogP contribution in [-0.4, -0.2) is 37.2 Å². The molecule has 0 aliphatic heterocycles. The van der Waals surface area contributed by atoms with E-state index in [1.807, 2.05) is 0 Å². The Morgan fingerprint density at radius 1 is 0.299 bits per heavy atom. The van der Waals surface area contributed by atoms with Crippen LogP contribution in [0.3, 0.4) is 0 Å². The molecule has 1 atom stereocenters. The van der Waals surface area contributed by atoms with Gasteiger partial charge in [-0.05, 0) is 51.4 Å². The minimum absolute atomic E-state index is 0.0688. The summed E-state index contributed by atoms with van der Waals surface area (Å²) in [7, 11) is 0. The van der Waals surface area contributed by atoms with Crippen molar-refractivity contribution in [3.05, 3.63) is 24.3 Å². The highest BCUT2D eigenvalue weighted by Crippen LogP contribution is 2.17. The standard InChI is InChI=1S/C61H114O6/c1-4-7-10-13-15-17-19-21-23-25-27-28-29-30-31-32-34-35-37-39-41-43-45-48-51-54-60(63)66-57-58(56-65-59(62)53-50-47-12-9-6-3)67-61(64)55-52-49-46-44-42-40-38-36-33-26-24-22-20-18-16-14-11-8-5-2/h16,18,22,24,58H,4-15,17,19-21,23,25-57H2,1-3H3/b18-16-,24-22-. The average Bonchev–Trinajstić information content (AvgIpc) is 3.33. The second kappa shape index (κ2) is 56.5. The van der Waals surface area contributed by atoms with E-state index < -0.39 is 6.10 Å². The van der Waals surface area contributed by atoms with E-state index in [4.69, 9.17) is 14.2 Å². The Morgan fingerprint density at radius 2 is 0.537 bits per heavy atom. The van der Waals surface area contributed by atoms with Crippen LogP contribution in [0.1, 0.15) is 329 Å². The second-order valence-electron chi connectivity index (χ2n) is 20.3. The smallest absolute Gasteiger partial charge is 0.306 e. The molecule has 0 amide bonds. The molecule has 0 fully saturated rings. The minimum Gasteiger partial charge on any atom is -0.462 e. The zero-order chi connectivity index (χ0) is 48.6. The number of carbonyl (C=O) groups excluding carboxylic acids is 3. The van der Waals surface area contributed by atoms with Gasteiger partial charge in [0.1, 0.15) is 13.2 Å². The van der Waals surface area contributed by atoms with E-state index >= 15 is 0 Å². The van der Waals surface area contributed by atoms with Gasteiger partial charge in [0.25, 0.3) is 0 Å². The van der Waals surface area contributed by atoms with E-state index in [-0.39, 0.29) is 31.1 Å². The van der Waals surface area contributed by atoms with Crippen molar-refractivity contribution in [2.75, 3.05) is 13.2 Å². The lowest BCUT2D eigenvalue weighted by Gasteiger charge is -2.18. The first-order valence-corrected chi connectivity index (χ1v) is 29.8. The molecule has 0 bridgehead atoms. The van der Waals surface area contributed by atoms with E-state index in [0.717, 1.165) is 70.6 Å². The molecule has 0 saturated heterocycles. The molecule has 0 aromatic heterocycles. The molecule has 1 unspecified atom stereocenters. The van der Waals surface area contributed by atoms with Gasteiger partial charge in [0, 0.05) is 19.3 Å². The zero-order valence-corrected chi connectivity index (χ0v) is 45.2. The number of rotatable bonds is 55. The normalized spacial score (nSPS) is 12.1. The molecule has 6 nitrogen and oxygen atoms in total. The van der Waals surface area contributed by atoms with Crippen molar-refractivity contribution in [2.24, 2.45) is 0 Å². The third kappa shape index (κ3) is 54.7. The highest BCUT2D eigenvalue weighted by Gasteiger charge is 2.19. The zero-order valence-electron chi connectivity index (χ0n) is 45.2. The summed E-state index contributed by atoms with van der Waals surface area (Å²) in [6, 6.07) is 0. The molecule has 0 aromatic rings. The Kier molecular flexibility index (Phi) is 54.7. The van der Waals surface area contributed by atoms with Crippen molar-refractivity contribution >= 4 is 17.9 Å². The van der Waals surface area contributed by atoms with Gasteiger partial charge in [0.15, 0.2) is 6.10 Å². The molecule has 394 valence electrons. The molecular formula is C61H114O6. The Bertz CT molecular complexity index is 1080. The highest BCUT2D eigenvalue weighted by molar-refractivity contribution is 5.71. The quantitative estimate of drug-likeness (QED) is 0.0262. The lowest BCUT2D eigenvalue weighted by molar-refractivity contribution is -0.167. The SMILES string of the molecule is CCCCC/C=C\C/C=C\CCCCCCCCCCCC(=O)OC(COC(=O)CCCCCCC)COC(=O)CCCCCCCCCCCCCCCCCCCCCCCCCCC. The summed E-state index contributed by atoms with van der Waals surface area (Å²) >= 11 is 0. The topological polar surface area (TPSA) is 78.9 Å². The predicted molar refractivity (Wildman–Crippen MR) is 289 cm³/mol. The van der Waals surface area contributed by atoms with Gasteiger partial charge in [0.2, 0.25) is 0 Å². The average molecular weight is 944 g/mol. The lowest BCUT2D eigenvalue weighted by atomic mass is 10.0. The molecule has 67 heavy (non-hydrogen) atoms. The number of esters is 3.